The summed E-state index contributed by atoms with van der Waals surface area (Å²) in [4.78, 5) is 14.3. The Morgan fingerprint density at radius 3 is 2.59 bits per heavy atom. The second-order valence-electron chi connectivity index (χ2n) is 7.17. The van der Waals surface area contributed by atoms with E-state index in [1.54, 1.807) is 24.1 Å². The molecule has 1 aliphatic rings. The molecule has 0 bridgehead atoms. The molecule has 1 heterocycles. The smallest absolute Gasteiger partial charge is 0.246 e. The van der Waals surface area contributed by atoms with Crippen molar-refractivity contribution in [2.75, 3.05) is 20.3 Å². The molecule has 0 saturated heterocycles. The highest BCUT2D eigenvalue weighted by Crippen LogP contribution is 2.35. The lowest BCUT2D eigenvalue weighted by atomic mass is 10.1. The first-order valence-electron chi connectivity index (χ1n) is 10.1. The molecule has 3 rings (SSSR count). The average Bonchev–Trinajstić information content (AvgIpc) is 3.06. The number of likely N-dealkylation sites (N-methyl/N-ethyl adjacent to an activating group) is 1. The summed E-state index contributed by atoms with van der Waals surface area (Å²) in [6, 6.07) is 11.8. The Labute approximate surface area is 172 Å². The highest BCUT2D eigenvalue weighted by molar-refractivity contribution is 5.92. The number of ether oxygens (including phenoxy) is 3. The minimum Gasteiger partial charge on any atom is -0.494 e. The van der Waals surface area contributed by atoms with Crippen LogP contribution in [0, 0.1) is 0 Å². The maximum absolute atomic E-state index is 12.6. The van der Waals surface area contributed by atoms with Crippen molar-refractivity contribution in [1.82, 2.24) is 4.90 Å². The molecule has 1 unspecified atom stereocenters. The number of benzene rings is 2. The summed E-state index contributed by atoms with van der Waals surface area (Å²) in [7, 11) is 1.79. The van der Waals surface area contributed by atoms with Gasteiger partial charge < -0.3 is 19.1 Å². The molecular formula is C24H29NO4. The predicted octanol–water partition coefficient (Wildman–Crippen LogP) is 4.48. The van der Waals surface area contributed by atoms with Crippen LogP contribution in [0.4, 0.5) is 0 Å². The first kappa shape index (κ1) is 20.8. The van der Waals surface area contributed by atoms with E-state index in [0.29, 0.717) is 19.8 Å². The summed E-state index contributed by atoms with van der Waals surface area (Å²) >= 11 is 0. The molecule has 1 amide bonds. The Hall–Kier alpha value is -2.95. The van der Waals surface area contributed by atoms with Crippen molar-refractivity contribution in [3.05, 3.63) is 59.2 Å². The summed E-state index contributed by atoms with van der Waals surface area (Å²) in [5, 5.41) is 0. The normalized spacial score (nSPS) is 15.1. The van der Waals surface area contributed by atoms with Gasteiger partial charge in [-0.15, -0.1) is 0 Å². The van der Waals surface area contributed by atoms with Crippen LogP contribution in [0.5, 0.6) is 17.2 Å². The van der Waals surface area contributed by atoms with E-state index in [1.807, 2.05) is 50.2 Å². The van der Waals surface area contributed by atoms with E-state index in [0.717, 1.165) is 40.4 Å². The second kappa shape index (κ2) is 9.50. The maximum Gasteiger partial charge on any atom is 0.246 e. The van der Waals surface area contributed by atoms with Gasteiger partial charge in [0.2, 0.25) is 5.91 Å². The first-order chi connectivity index (χ1) is 14.0. The summed E-state index contributed by atoms with van der Waals surface area (Å²) in [5.74, 6) is 2.41. The Kier molecular flexibility index (Phi) is 6.81. The van der Waals surface area contributed by atoms with Crippen molar-refractivity contribution in [2.45, 2.75) is 39.8 Å². The fraction of sp³-hybridized carbons (Fsp3) is 0.375. The third-order valence-electron chi connectivity index (χ3n) is 4.76. The molecule has 5 heteroatoms. The number of rotatable bonds is 8. The van der Waals surface area contributed by atoms with Crippen LogP contribution in [-0.4, -0.2) is 37.2 Å². The topological polar surface area (TPSA) is 48.0 Å². The average molecular weight is 395 g/mol. The zero-order valence-corrected chi connectivity index (χ0v) is 17.6. The van der Waals surface area contributed by atoms with Gasteiger partial charge in [-0.1, -0.05) is 12.1 Å². The molecule has 1 aliphatic heterocycles. The number of nitrogens with zero attached hydrogens (tertiary/aromatic N) is 1. The molecule has 5 nitrogen and oxygen atoms in total. The van der Waals surface area contributed by atoms with Gasteiger partial charge in [0.25, 0.3) is 0 Å². The summed E-state index contributed by atoms with van der Waals surface area (Å²) in [5.41, 5.74) is 3.05. The Balaban J connectivity index is 1.68. The van der Waals surface area contributed by atoms with Gasteiger partial charge >= 0.3 is 0 Å². The molecule has 2 aromatic carbocycles. The molecule has 2 aromatic rings. The van der Waals surface area contributed by atoms with Crippen molar-refractivity contribution in [3.8, 4) is 17.2 Å². The molecule has 0 radical (unpaired) electrons. The molecule has 0 fully saturated rings. The summed E-state index contributed by atoms with van der Waals surface area (Å²) < 4.78 is 17.1. The number of fused-ring (bicyclic) bond motifs is 1. The highest BCUT2D eigenvalue weighted by Gasteiger charge is 2.21. The monoisotopic (exact) mass is 395 g/mol. The van der Waals surface area contributed by atoms with Gasteiger partial charge in [-0.25, -0.2) is 0 Å². The molecule has 0 saturated carbocycles. The number of hydrogen-bond acceptors (Lipinski definition) is 4. The van der Waals surface area contributed by atoms with Gasteiger partial charge in [-0.2, -0.15) is 0 Å². The van der Waals surface area contributed by atoms with Crippen molar-refractivity contribution in [3.63, 3.8) is 0 Å². The van der Waals surface area contributed by atoms with Gasteiger partial charge in [-0.05, 0) is 56.7 Å². The van der Waals surface area contributed by atoms with Gasteiger partial charge in [0.1, 0.15) is 23.4 Å². The van der Waals surface area contributed by atoms with Gasteiger partial charge in [-0.3, -0.25) is 4.79 Å². The lowest BCUT2D eigenvalue weighted by Crippen LogP contribution is -2.24. The Morgan fingerprint density at radius 1 is 1.17 bits per heavy atom. The van der Waals surface area contributed by atoms with E-state index in [2.05, 4.69) is 6.92 Å². The SMILES string of the molecule is CCOc1ccc(CN(C)C(=O)/C=C/c2cc3c(cc2OCC)CC(C)O3)cc1. The van der Waals surface area contributed by atoms with E-state index < -0.39 is 0 Å². The third kappa shape index (κ3) is 5.31. The minimum absolute atomic E-state index is 0.0730. The molecule has 1 atom stereocenters. The molecule has 0 aromatic heterocycles. The van der Waals surface area contributed by atoms with Gasteiger partial charge in [0.15, 0.2) is 0 Å². The summed E-state index contributed by atoms with van der Waals surface area (Å²) in [6.45, 7) is 7.70. The van der Waals surface area contributed by atoms with Crippen molar-refractivity contribution in [1.29, 1.82) is 0 Å². The number of amides is 1. The fourth-order valence-electron chi connectivity index (χ4n) is 3.36. The Bertz CT molecular complexity index is 873. The van der Waals surface area contributed by atoms with Crippen LogP contribution in [-0.2, 0) is 17.8 Å². The van der Waals surface area contributed by atoms with Gasteiger partial charge in [0.05, 0.1) is 13.2 Å². The van der Waals surface area contributed by atoms with Crippen LogP contribution in [0.25, 0.3) is 6.08 Å². The molecule has 0 spiro atoms. The van der Waals surface area contributed by atoms with E-state index in [9.17, 15) is 4.79 Å². The molecule has 0 N–H and O–H groups in total. The Morgan fingerprint density at radius 2 is 1.90 bits per heavy atom. The van der Waals surface area contributed by atoms with Crippen LogP contribution in [0.3, 0.4) is 0 Å². The largest absolute Gasteiger partial charge is 0.494 e. The predicted molar refractivity (Wildman–Crippen MR) is 115 cm³/mol. The van der Waals surface area contributed by atoms with E-state index in [4.69, 9.17) is 14.2 Å². The lowest BCUT2D eigenvalue weighted by molar-refractivity contribution is -0.125. The second-order valence-corrected chi connectivity index (χ2v) is 7.17. The maximum atomic E-state index is 12.6. The lowest BCUT2D eigenvalue weighted by Gasteiger charge is -2.16. The summed E-state index contributed by atoms with van der Waals surface area (Å²) in [6.07, 6.45) is 4.43. The zero-order valence-electron chi connectivity index (χ0n) is 17.6. The van der Waals surface area contributed by atoms with Gasteiger partial charge in [0, 0.05) is 37.2 Å². The van der Waals surface area contributed by atoms with Crippen molar-refractivity contribution >= 4 is 12.0 Å². The number of hydrogen-bond donors (Lipinski definition) is 0. The minimum atomic E-state index is -0.0730. The first-order valence-corrected chi connectivity index (χ1v) is 10.1. The van der Waals surface area contributed by atoms with E-state index in [-0.39, 0.29) is 12.0 Å². The number of carbonyl (C=O) groups is 1. The van der Waals surface area contributed by atoms with Crippen LogP contribution >= 0.6 is 0 Å². The standard InChI is InChI=1S/C24H29NO4/c1-5-27-21-10-7-18(8-11-21)16-25(4)24(26)12-9-19-14-23-20(13-17(3)29-23)15-22(19)28-6-2/h7-12,14-15,17H,5-6,13,16H2,1-4H3/b12-9+. The quantitative estimate of drug-likeness (QED) is 0.619. The molecule has 154 valence electrons. The molecule has 0 aliphatic carbocycles. The number of carbonyl (C=O) groups excluding carboxylic acids is 1. The van der Waals surface area contributed by atoms with Crippen molar-refractivity contribution < 1.29 is 19.0 Å². The van der Waals surface area contributed by atoms with Crippen LogP contribution < -0.4 is 14.2 Å². The van der Waals surface area contributed by atoms with E-state index in [1.165, 1.54) is 0 Å². The van der Waals surface area contributed by atoms with Crippen molar-refractivity contribution in [2.24, 2.45) is 0 Å². The molecular weight excluding hydrogens is 366 g/mol. The molecule has 29 heavy (non-hydrogen) atoms. The van der Waals surface area contributed by atoms with Crippen LogP contribution in [0.2, 0.25) is 0 Å². The van der Waals surface area contributed by atoms with Crippen LogP contribution in [0.15, 0.2) is 42.5 Å². The third-order valence-corrected chi connectivity index (χ3v) is 4.76. The van der Waals surface area contributed by atoms with E-state index >= 15 is 0 Å². The highest BCUT2D eigenvalue weighted by atomic mass is 16.5. The fourth-order valence-corrected chi connectivity index (χ4v) is 3.36. The van der Waals surface area contributed by atoms with Crippen LogP contribution in [0.1, 0.15) is 37.5 Å². The zero-order chi connectivity index (χ0) is 20.8.